The molecular formula is C7H8BrNO2. The van der Waals surface area contributed by atoms with Crippen molar-refractivity contribution in [1.82, 2.24) is 4.98 Å². The van der Waals surface area contributed by atoms with Gasteiger partial charge in [0.05, 0.1) is 6.61 Å². The summed E-state index contributed by atoms with van der Waals surface area (Å²) in [4.78, 5) is 3.89. The van der Waals surface area contributed by atoms with Crippen LogP contribution in [0.3, 0.4) is 0 Å². The van der Waals surface area contributed by atoms with E-state index in [1.165, 1.54) is 0 Å². The van der Waals surface area contributed by atoms with E-state index in [9.17, 15) is 5.11 Å². The van der Waals surface area contributed by atoms with E-state index in [2.05, 4.69) is 20.9 Å². The maximum Gasteiger partial charge on any atom is 0.111 e. The first-order valence-electron chi connectivity index (χ1n) is 3.15. The van der Waals surface area contributed by atoms with Crippen LogP contribution in [0.1, 0.15) is 11.7 Å². The lowest BCUT2D eigenvalue weighted by Crippen LogP contribution is -2.03. The normalized spacial score (nSPS) is 13.0. The molecule has 0 spiro atoms. The van der Waals surface area contributed by atoms with Crippen LogP contribution in [0, 0.1) is 0 Å². The third-order valence-corrected chi connectivity index (χ3v) is 1.98. The lowest BCUT2D eigenvalue weighted by molar-refractivity contribution is 0.0947. The van der Waals surface area contributed by atoms with Crippen LogP contribution >= 0.6 is 15.9 Å². The van der Waals surface area contributed by atoms with Gasteiger partial charge in [-0.2, -0.15) is 0 Å². The number of aliphatic hydroxyl groups excluding tert-OH is 2. The van der Waals surface area contributed by atoms with Gasteiger partial charge in [-0.05, 0) is 22.0 Å². The van der Waals surface area contributed by atoms with Gasteiger partial charge in [0, 0.05) is 11.8 Å². The first-order valence-corrected chi connectivity index (χ1v) is 3.94. The quantitative estimate of drug-likeness (QED) is 0.724. The molecule has 0 bridgehead atoms. The summed E-state index contributed by atoms with van der Waals surface area (Å²) >= 11 is 3.16. The number of hydrogen-bond acceptors (Lipinski definition) is 3. The third kappa shape index (κ3) is 1.99. The Kier molecular flexibility index (Phi) is 2.99. The molecule has 3 nitrogen and oxygen atoms in total. The Morgan fingerprint density at radius 2 is 2.36 bits per heavy atom. The summed E-state index contributed by atoms with van der Waals surface area (Å²) in [5, 5.41) is 17.8. The maximum atomic E-state index is 9.19. The zero-order chi connectivity index (χ0) is 8.27. The van der Waals surface area contributed by atoms with Crippen LogP contribution in [0.25, 0.3) is 0 Å². The summed E-state index contributed by atoms with van der Waals surface area (Å²) in [6.07, 6.45) is 0.760. The molecule has 0 aliphatic heterocycles. The van der Waals surface area contributed by atoms with E-state index in [-0.39, 0.29) is 6.61 Å². The molecule has 1 heterocycles. The predicted molar refractivity (Wildman–Crippen MR) is 44.0 cm³/mol. The van der Waals surface area contributed by atoms with Crippen LogP contribution in [0.4, 0.5) is 0 Å². The van der Waals surface area contributed by atoms with Crippen LogP contribution in [-0.2, 0) is 0 Å². The van der Waals surface area contributed by atoms with Gasteiger partial charge < -0.3 is 10.2 Å². The van der Waals surface area contributed by atoms with Gasteiger partial charge in [-0.25, -0.2) is 4.98 Å². The Morgan fingerprint density at radius 1 is 1.64 bits per heavy atom. The molecule has 0 fully saturated rings. The Morgan fingerprint density at radius 3 is 2.91 bits per heavy atom. The zero-order valence-electron chi connectivity index (χ0n) is 5.74. The molecule has 2 N–H and O–H groups in total. The standard InChI is InChI=1S/C7H8BrNO2/c8-7-5(6(11)4-10)2-1-3-9-7/h1-3,6,10-11H,4H2. The second kappa shape index (κ2) is 3.80. The lowest BCUT2D eigenvalue weighted by atomic mass is 10.2. The zero-order valence-corrected chi connectivity index (χ0v) is 7.32. The molecule has 0 saturated carbocycles. The van der Waals surface area contributed by atoms with Crippen molar-refractivity contribution < 1.29 is 10.2 Å². The molecule has 1 unspecified atom stereocenters. The third-order valence-electron chi connectivity index (χ3n) is 1.32. The van der Waals surface area contributed by atoms with Gasteiger partial charge in [0.25, 0.3) is 0 Å². The van der Waals surface area contributed by atoms with Gasteiger partial charge in [0.1, 0.15) is 10.7 Å². The predicted octanol–water partition coefficient (Wildman–Crippen LogP) is 0.870. The highest BCUT2D eigenvalue weighted by Gasteiger charge is 2.08. The molecule has 1 rings (SSSR count). The van der Waals surface area contributed by atoms with E-state index in [4.69, 9.17) is 5.11 Å². The van der Waals surface area contributed by atoms with Crippen molar-refractivity contribution >= 4 is 15.9 Å². The van der Waals surface area contributed by atoms with Gasteiger partial charge in [-0.15, -0.1) is 0 Å². The number of aromatic nitrogens is 1. The number of pyridine rings is 1. The average Bonchev–Trinajstić information content (AvgIpc) is 2.04. The minimum atomic E-state index is -0.849. The Bertz CT molecular complexity index is 242. The van der Waals surface area contributed by atoms with E-state index in [0.717, 1.165) is 0 Å². The van der Waals surface area contributed by atoms with Gasteiger partial charge >= 0.3 is 0 Å². The van der Waals surface area contributed by atoms with Crippen LogP contribution in [0.15, 0.2) is 22.9 Å². The highest BCUT2D eigenvalue weighted by molar-refractivity contribution is 9.10. The molecule has 0 amide bonds. The maximum absolute atomic E-state index is 9.19. The Labute approximate surface area is 72.8 Å². The lowest BCUT2D eigenvalue weighted by Gasteiger charge is -2.07. The van der Waals surface area contributed by atoms with Gasteiger partial charge in [-0.1, -0.05) is 6.07 Å². The molecule has 60 valence electrons. The molecule has 0 saturated heterocycles. The van der Waals surface area contributed by atoms with E-state index in [0.29, 0.717) is 10.2 Å². The van der Waals surface area contributed by atoms with Crippen LogP contribution in [0.2, 0.25) is 0 Å². The summed E-state index contributed by atoms with van der Waals surface area (Å²) in [6.45, 7) is -0.287. The van der Waals surface area contributed by atoms with Crippen molar-refractivity contribution in [2.75, 3.05) is 6.61 Å². The van der Waals surface area contributed by atoms with Crippen LogP contribution < -0.4 is 0 Å². The SMILES string of the molecule is OCC(O)c1cccnc1Br. The topological polar surface area (TPSA) is 53.4 Å². The number of aliphatic hydroxyl groups is 2. The van der Waals surface area contributed by atoms with Crippen molar-refractivity contribution in [3.8, 4) is 0 Å². The van der Waals surface area contributed by atoms with Gasteiger partial charge in [0.15, 0.2) is 0 Å². The molecule has 0 aromatic carbocycles. The van der Waals surface area contributed by atoms with E-state index >= 15 is 0 Å². The van der Waals surface area contributed by atoms with Crippen molar-refractivity contribution in [3.05, 3.63) is 28.5 Å². The molecule has 1 aromatic heterocycles. The molecule has 4 heteroatoms. The molecule has 1 atom stereocenters. The fraction of sp³-hybridized carbons (Fsp3) is 0.286. The van der Waals surface area contributed by atoms with E-state index < -0.39 is 6.10 Å². The fourth-order valence-corrected chi connectivity index (χ4v) is 1.26. The minimum absolute atomic E-state index is 0.287. The minimum Gasteiger partial charge on any atom is -0.393 e. The summed E-state index contributed by atoms with van der Waals surface area (Å²) in [6, 6.07) is 3.41. The monoisotopic (exact) mass is 217 g/mol. The fourth-order valence-electron chi connectivity index (χ4n) is 0.745. The first-order chi connectivity index (χ1) is 5.25. The van der Waals surface area contributed by atoms with Crippen molar-refractivity contribution in [3.63, 3.8) is 0 Å². The average molecular weight is 218 g/mol. The van der Waals surface area contributed by atoms with Gasteiger partial charge in [0.2, 0.25) is 0 Å². The summed E-state index contributed by atoms with van der Waals surface area (Å²) < 4.78 is 0.571. The summed E-state index contributed by atoms with van der Waals surface area (Å²) in [7, 11) is 0. The molecule has 0 radical (unpaired) electrons. The van der Waals surface area contributed by atoms with E-state index in [1.54, 1.807) is 18.3 Å². The van der Waals surface area contributed by atoms with Gasteiger partial charge in [-0.3, -0.25) is 0 Å². The smallest absolute Gasteiger partial charge is 0.111 e. The van der Waals surface area contributed by atoms with Crippen molar-refractivity contribution in [2.24, 2.45) is 0 Å². The largest absolute Gasteiger partial charge is 0.393 e. The highest BCUT2D eigenvalue weighted by atomic mass is 79.9. The number of halogens is 1. The van der Waals surface area contributed by atoms with Crippen LogP contribution in [-0.4, -0.2) is 21.8 Å². The summed E-state index contributed by atoms with van der Waals surface area (Å²) in [5.41, 5.74) is 0.606. The second-order valence-corrected chi connectivity index (χ2v) is 2.83. The van der Waals surface area contributed by atoms with E-state index in [1.807, 2.05) is 0 Å². The molecule has 11 heavy (non-hydrogen) atoms. The van der Waals surface area contributed by atoms with Crippen molar-refractivity contribution in [2.45, 2.75) is 6.10 Å². The first kappa shape index (κ1) is 8.64. The molecule has 1 aromatic rings. The molecule has 0 aliphatic carbocycles. The molecule has 0 aliphatic rings. The highest BCUT2D eigenvalue weighted by Crippen LogP contribution is 2.19. The summed E-state index contributed by atoms with van der Waals surface area (Å²) in [5.74, 6) is 0. The number of hydrogen-bond donors (Lipinski definition) is 2. The second-order valence-electron chi connectivity index (χ2n) is 2.08. The Hall–Kier alpha value is -0.450. The van der Waals surface area contributed by atoms with Crippen molar-refractivity contribution in [1.29, 1.82) is 0 Å². The number of rotatable bonds is 2. The number of nitrogens with zero attached hydrogens (tertiary/aromatic N) is 1. The van der Waals surface area contributed by atoms with Crippen LogP contribution in [0.5, 0.6) is 0 Å². The Balaban J connectivity index is 2.93. The molecular weight excluding hydrogens is 210 g/mol.